The molecule has 0 atom stereocenters. The number of carbonyl (C=O) groups excluding carboxylic acids is 1. The third kappa shape index (κ3) is 4.54. The van der Waals surface area contributed by atoms with Gasteiger partial charge in [0.25, 0.3) is 0 Å². The zero-order valence-corrected chi connectivity index (χ0v) is 15.4. The fourth-order valence-corrected chi connectivity index (χ4v) is 2.83. The number of esters is 1. The largest absolute Gasteiger partial charge is 0.465 e. The summed E-state index contributed by atoms with van der Waals surface area (Å²) in [5.74, 6) is 5.79. The summed E-state index contributed by atoms with van der Waals surface area (Å²) in [4.78, 5) is 11.4. The zero-order valence-electron chi connectivity index (χ0n) is 15.4. The van der Waals surface area contributed by atoms with E-state index in [9.17, 15) is 4.79 Å². The van der Waals surface area contributed by atoms with Gasteiger partial charge in [-0.05, 0) is 65.6 Å². The van der Waals surface area contributed by atoms with Crippen LogP contribution in [0.15, 0.2) is 78.9 Å². The third-order valence-electron chi connectivity index (χ3n) is 4.26. The predicted molar refractivity (Wildman–Crippen MR) is 110 cm³/mol. The standard InChI is InChI=1S/C25H20O2/c1-19-9-3-7-13-23(19)24-14-8-6-12-21(24)11-5-4-10-20-15-17-22(18-16-20)25(26)27-2/h3,5-9,11-18H,1-2H3/b11-5+. The first-order valence-electron chi connectivity index (χ1n) is 8.70. The van der Waals surface area contributed by atoms with Crippen molar-refractivity contribution in [3.8, 4) is 23.0 Å². The van der Waals surface area contributed by atoms with Crippen LogP contribution in [-0.2, 0) is 4.74 Å². The van der Waals surface area contributed by atoms with Crippen LogP contribution in [0.25, 0.3) is 17.2 Å². The lowest BCUT2D eigenvalue weighted by Gasteiger charge is -2.08. The molecule has 0 saturated heterocycles. The maximum absolute atomic E-state index is 11.4. The van der Waals surface area contributed by atoms with E-state index in [2.05, 4.69) is 49.1 Å². The molecule has 2 nitrogen and oxygen atoms in total. The molecule has 0 aliphatic heterocycles. The van der Waals surface area contributed by atoms with Gasteiger partial charge in [-0.25, -0.2) is 4.79 Å². The van der Waals surface area contributed by atoms with E-state index < -0.39 is 0 Å². The average molecular weight is 352 g/mol. The number of hydrogen-bond donors (Lipinski definition) is 0. The van der Waals surface area contributed by atoms with Crippen molar-refractivity contribution in [2.45, 2.75) is 6.92 Å². The molecule has 0 radical (unpaired) electrons. The molecule has 0 aromatic heterocycles. The molecule has 0 heterocycles. The van der Waals surface area contributed by atoms with Gasteiger partial charge in [0.1, 0.15) is 0 Å². The summed E-state index contributed by atoms with van der Waals surface area (Å²) >= 11 is 0. The van der Waals surface area contributed by atoms with E-state index in [0.717, 1.165) is 11.1 Å². The number of methoxy groups -OCH3 is 1. The lowest BCUT2D eigenvalue weighted by atomic mass is 9.96. The van der Waals surface area contributed by atoms with Gasteiger partial charge in [-0.2, -0.15) is 0 Å². The van der Waals surface area contributed by atoms with Gasteiger partial charge in [0.15, 0.2) is 0 Å². The Balaban J connectivity index is 1.80. The van der Waals surface area contributed by atoms with Crippen molar-refractivity contribution in [3.05, 3.63) is 101 Å². The Bertz CT molecular complexity index is 1030. The number of benzene rings is 3. The third-order valence-corrected chi connectivity index (χ3v) is 4.26. The van der Waals surface area contributed by atoms with Crippen molar-refractivity contribution in [1.82, 2.24) is 0 Å². The summed E-state index contributed by atoms with van der Waals surface area (Å²) in [6.45, 7) is 2.12. The Morgan fingerprint density at radius 2 is 1.56 bits per heavy atom. The number of carbonyl (C=O) groups is 1. The molecule has 3 aromatic carbocycles. The van der Waals surface area contributed by atoms with Crippen LogP contribution in [0.2, 0.25) is 0 Å². The van der Waals surface area contributed by atoms with E-state index in [-0.39, 0.29) is 5.97 Å². The van der Waals surface area contributed by atoms with Crippen LogP contribution in [0.1, 0.15) is 27.0 Å². The average Bonchev–Trinajstić information content (AvgIpc) is 2.72. The highest BCUT2D eigenvalue weighted by Crippen LogP contribution is 2.27. The van der Waals surface area contributed by atoms with E-state index in [0.29, 0.717) is 5.56 Å². The van der Waals surface area contributed by atoms with Gasteiger partial charge in [-0.15, -0.1) is 0 Å². The van der Waals surface area contributed by atoms with Crippen LogP contribution >= 0.6 is 0 Å². The van der Waals surface area contributed by atoms with Crippen LogP contribution < -0.4 is 0 Å². The second kappa shape index (κ2) is 8.69. The maximum Gasteiger partial charge on any atom is 0.337 e. The Kier molecular flexibility index (Phi) is 5.87. The van der Waals surface area contributed by atoms with Crippen molar-refractivity contribution >= 4 is 12.0 Å². The highest BCUT2D eigenvalue weighted by molar-refractivity contribution is 5.89. The molecule has 0 fully saturated rings. The lowest BCUT2D eigenvalue weighted by molar-refractivity contribution is 0.0600. The molecule has 132 valence electrons. The van der Waals surface area contributed by atoms with E-state index in [1.54, 1.807) is 12.1 Å². The number of ether oxygens (including phenoxy) is 1. The second-order valence-electron chi connectivity index (χ2n) is 6.07. The first-order chi connectivity index (χ1) is 13.2. The van der Waals surface area contributed by atoms with Gasteiger partial charge in [0, 0.05) is 5.56 Å². The summed E-state index contributed by atoms with van der Waals surface area (Å²) < 4.78 is 4.69. The predicted octanol–water partition coefficient (Wildman–Crippen LogP) is 5.51. The van der Waals surface area contributed by atoms with Gasteiger partial charge in [0.05, 0.1) is 12.7 Å². The van der Waals surface area contributed by atoms with Crippen molar-refractivity contribution in [2.75, 3.05) is 7.11 Å². The Morgan fingerprint density at radius 3 is 2.26 bits per heavy atom. The molecule has 3 rings (SSSR count). The van der Waals surface area contributed by atoms with Gasteiger partial charge < -0.3 is 4.74 Å². The molecule has 3 aromatic rings. The summed E-state index contributed by atoms with van der Waals surface area (Å²) in [6, 6.07) is 23.7. The molecule has 0 aliphatic carbocycles. The van der Waals surface area contributed by atoms with E-state index in [1.165, 1.54) is 23.8 Å². The fourth-order valence-electron chi connectivity index (χ4n) is 2.83. The fraction of sp³-hybridized carbons (Fsp3) is 0.0800. The molecule has 0 spiro atoms. The Morgan fingerprint density at radius 1 is 0.889 bits per heavy atom. The normalized spacial score (nSPS) is 10.3. The molecule has 2 heteroatoms. The first kappa shape index (κ1) is 18.2. The van der Waals surface area contributed by atoms with Gasteiger partial charge in [0.2, 0.25) is 0 Å². The minimum atomic E-state index is -0.345. The van der Waals surface area contributed by atoms with Crippen LogP contribution in [0.5, 0.6) is 0 Å². The number of allylic oxidation sites excluding steroid dienone is 1. The second-order valence-corrected chi connectivity index (χ2v) is 6.07. The Labute approximate surface area is 160 Å². The topological polar surface area (TPSA) is 26.3 Å². The summed E-state index contributed by atoms with van der Waals surface area (Å²) in [6.07, 6.45) is 3.88. The van der Waals surface area contributed by atoms with Crippen molar-refractivity contribution < 1.29 is 9.53 Å². The van der Waals surface area contributed by atoms with Crippen molar-refractivity contribution in [2.24, 2.45) is 0 Å². The smallest absolute Gasteiger partial charge is 0.337 e. The molecular formula is C25H20O2. The maximum atomic E-state index is 11.4. The quantitative estimate of drug-likeness (QED) is 0.459. The minimum Gasteiger partial charge on any atom is -0.465 e. The van der Waals surface area contributed by atoms with Crippen LogP contribution in [0.3, 0.4) is 0 Å². The van der Waals surface area contributed by atoms with Gasteiger partial charge >= 0.3 is 5.97 Å². The summed E-state index contributed by atoms with van der Waals surface area (Å²) in [5, 5.41) is 0. The molecule has 27 heavy (non-hydrogen) atoms. The van der Waals surface area contributed by atoms with Gasteiger partial charge in [-0.1, -0.05) is 60.4 Å². The zero-order chi connectivity index (χ0) is 19.1. The molecule has 0 aliphatic rings. The molecule has 0 N–H and O–H groups in total. The molecule has 0 amide bonds. The molecular weight excluding hydrogens is 332 g/mol. The Hall–Kier alpha value is -3.57. The van der Waals surface area contributed by atoms with Gasteiger partial charge in [-0.3, -0.25) is 0 Å². The monoisotopic (exact) mass is 352 g/mol. The van der Waals surface area contributed by atoms with E-state index >= 15 is 0 Å². The van der Waals surface area contributed by atoms with Crippen molar-refractivity contribution in [3.63, 3.8) is 0 Å². The molecule has 0 bridgehead atoms. The highest BCUT2D eigenvalue weighted by atomic mass is 16.5. The summed E-state index contributed by atoms with van der Waals surface area (Å²) in [7, 11) is 1.37. The SMILES string of the molecule is COC(=O)c1ccc(C#C/C=C/c2ccccc2-c2ccccc2C)cc1. The molecule has 0 unspecified atom stereocenters. The minimum absolute atomic E-state index is 0.345. The van der Waals surface area contributed by atoms with Crippen LogP contribution in [-0.4, -0.2) is 13.1 Å². The van der Waals surface area contributed by atoms with E-state index in [1.807, 2.05) is 42.5 Å². The summed E-state index contributed by atoms with van der Waals surface area (Å²) in [5.41, 5.74) is 6.16. The number of rotatable bonds is 3. The first-order valence-corrected chi connectivity index (χ1v) is 8.70. The van der Waals surface area contributed by atoms with E-state index in [4.69, 9.17) is 4.74 Å². The number of hydrogen-bond acceptors (Lipinski definition) is 2. The lowest BCUT2D eigenvalue weighted by Crippen LogP contribution is -2.00. The van der Waals surface area contributed by atoms with Crippen molar-refractivity contribution in [1.29, 1.82) is 0 Å². The highest BCUT2D eigenvalue weighted by Gasteiger charge is 2.04. The van der Waals surface area contributed by atoms with Crippen LogP contribution in [0.4, 0.5) is 0 Å². The van der Waals surface area contributed by atoms with Crippen LogP contribution in [0, 0.1) is 18.8 Å². The number of aryl methyl sites for hydroxylation is 1. The molecule has 0 saturated carbocycles.